The van der Waals surface area contributed by atoms with Gasteiger partial charge >= 0.3 is 0 Å². The van der Waals surface area contributed by atoms with Gasteiger partial charge in [0.05, 0.1) is 12.1 Å². The van der Waals surface area contributed by atoms with Gasteiger partial charge in [0.1, 0.15) is 5.72 Å². The fourth-order valence-corrected chi connectivity index (χ4v) is 4.45. The van der Waals surface area contributed by atoms with Gasteiger partial charge in [0.2, 0.25) is 13.8 Å². The largest absolute Gasteiger partial charge is 0.351 e. The van der Waals surface area contributed by atoms with Crippen molar-refractivity contribution in [3.63, 3.8) is 0 Å². The Morgan fingerprint density at radius 2 is 2.00 bits per heavy atom. The Labute approximate surface area is 159 Å². The van der Waals surface area contributed by atoms with Gasteiger partial charge in [0.15, 0.2) is 5.81 Å². The summed E-state index contributed by atoms with van der Waals surface area (Å²) in [6.45, 7) is 13.8. The molecule has 0 spiro atoms. The van der Waals surface area contributed by atoms with Gasteiger partial charge in [-0.3, -0.25) is 9.59 Å². The van der Waals surface area contributed by atoms with E-state index in [9.17, 15) is 9.59 Å². The second kappa shape index (κ2) is 7.38. The molecule has 2 aliphatic rings. The second-order valence-corrected chi connectivity index (χ2v) is 9.25. The van der Waals surface area contributed by atoms with Gasteiger partial charge in [-0.05, 0) is 66.7 Å². The van der Waals surface area contributed by atoms with Crippen LogP contribution in [0.5, 0.6) is 0 Å². The normalized spacial score (nSPS) is 31.0. The molecule has 0 aromatic heterocycles. The molecule has 6 heteroatoms. The van der Waals surface area contributed by atoms with Crippen LogP contribution >= 0.6 is 0 Å². The minimum absolute atomic E-state index is 0.0665. The van der Waals surface area contributed by atoms with E-state index >= 15 is 0 Å². The Bertz CT molecular complexity index is 594. The number of ether oxygens (including phenoxy) is 1. The summed E-state index contributed by atoms with van der Waals surface area (Å²) in [5.41, 5.74) is 0.261. The first-order valence-electron chi connectivity index (χ1n) is 9.61. The predicted molar refractivity (Wildman–Crippen MR) is 104 cm³/mol. The van der Waals surface area contributed by atoms with E-state index < -0.39 is 11.5 Å². The summed E-state index contributed by atoms with van der Waals surface area (Å²) < 4.78 is 6.22. The Hall–Kier alpha value is -1.30. The molecular weight excluding hydrogens is 327 g/mol. The Morgan fingerprint density at radius 3 is 2.50 bits per heavy atom. The number of rotatable bonds is 4. The van der Waals surface area contributed by atoms with Crippen LogP contribution in [0.15, 0.2) is 11.6 Å². The summed E-state index contributed by atoms with van der Waals surface area (Å²) in [5.74, 6) is -0.335. The maximum atomic E-state index is 12.8. The van der Waals surface area contributed by atoms with Gasteiger partial charge in [-0.1, -0.05) is 18.6 Å². The lowest BCUT2D eigenvalue weighted by Crippen LogP contribution is -2.48. The van der Waals surface area contributed by atoms with E-state index in [1.54, 1.807) is 4.90 Å². The van der Waals surface area contributed by atoms with Crippen molar-refractivity contribution < 1.29 is 14.3 Å². The summed E-state index contributed by atoms with van der Waals surface area (Å²) in [4.78, 5) is 26.4. The first-order valence-corrected chi connectivity index (χ1v) is 9.61. The molecule has 1 saturated heterocycles. The maximum absolute atomic E-state index is 12.8. The Balaban J connectivity index is 2.17. The lowest BCUT2D eigenvalue weighted by Gasteiger charge is -2.33. The van der Waals surface area contributed by atoms with Gasteiger partial charge in [-0.15, -0.1) is 0 Å². The predicted octanol–water partition coefficient (Wildman–Crippen LogP) is 3.38. The summed E-state index contributed by atoms with van der Waals surface area (Å²) >= 11 is 0. The van der Waals surface area contributed by atoms with Crippen molar-refractivity contribution in [1.82, 2.24) is 10.2 Å². The van der Waals surface area contributed by atoms with E-state index in [1.165, 1.54) is 5.57 Å². The van der Waals surface area contributed by atoms with Crippen LogP contribution in [0.4, 0.5) is 4.79 Å². The third kappa shape index (κ3) is 4.51. The molecule has 2 amide bonds. The fraction of sp³-hybridized carbons (Fsp3) is 0.800. The molecule has 2 unspecified atom stereocenters. The lowest BCUT2D eigenvalue weighted by molar-refractivity contribution is -0.127. The van der Waals surface area contributed by atoms with Crippen LogP contribution in [0.25, 0.3) is 0 Å². The van der Waals surface area contributed by atoms with E-state index in [2.05, 4.69) is 18.3 Å². The number of nitrogens with one attached hydrogen (secondary N) is 1. The number of carbonyl (C=O) groups is 2. The minimum Gasteiger partial charge on any atom is -0.351 e. The first-order chi connectivity index (χ1) is 11.9. The smallest absolute Gasteiger partial charge is 0.224 e. The van der Waals surface area contributed by atoms with Crippen LogP contribution in [0.1, 0.15) is 67.7 Å². The maximum Gasteiger partial charge on any atom is 0.224 e. The highest BCUT2D eigenvalue weighted by atomic mass is 16.5. The van der Waals surface area contributed by atoms with Crippen molar-refractivity contribution >= 4 is 19.6 Å². The van der Waals surface area contributed by atoms with Gasteiger partial charge in [-0.25, -0.2) is 0 Å². The Morgan fingerprint density at radius 1 is 1.38 bits per heavy atom. The summed E-state index contributed by atoms with van der Waals surface area (Å²) in [5, 5.41) is 3.11. The molecule has 2 rings (SSSR count). The van der Waals surface area contributed by atoms with E-state index in [4.69, 9.17) is 12.6 Å². The van der Waals surface area contributed by atoms with Crippen molar-refractivity contribution in [2.45, 2.75) is 91.1 Å². The molecule has 1 fully saturated rings. The van der Waals surface area contributed by atoms with Crippen molar-refractivity contribution in [2.75, 3.05) is 0 Å². The highest BCUT2D eigenvalue weighted by molar-refractivity contribution is 6.57. The molecule has 26 heavy (non-hydrogen) atoms. The third-order valence-corrected chi connectivity index (χ3v) is 5.33. The zero-order valence-corrected chi connectivity index (χ0v) is 17.3. The number of allylic oxidation sites excluding steroid dienone is 2. The fourth-order valence-electron chi connectivity index (χ4n) is 4.45. The zero-order chi connectivity index (χ0) is 19.9. The summed E-state index contributed by atoms with van der Waals surface area (Å²) in [6, 6.07) is -0.0665. The van der Waals surface area contributed by atoms with Crippen LogP contribution in [0.3, 0.4) is 0 Å². The van der Waals surface area contributed by atoms with Crippen LogP contribution in [0.2, 0.25) is 0 Å². The number of nitrogens with zero attached hydrogens (tertiary/aromatic N) is 1. The van der Waals surface area contributed by atoms with Gasteiger partial charge in [0, 0.05) is 11.5 Å². The zero-order valence-electron chi connectivity index (χ0n) is 17.3. The molecule has 0 saturated carbocycles. The van der Waals surface area contributed by atoms with Gasteiger partial charge in [0.25, 0.3) is 0 Å². The summed E-state index contributed by atoms with van der Waals surface area (Å²) in [6.07, 6.45) is 4.33. The molecule has 5 nitrogen and oxygen atoms in total. The van der Waals surface area contributed by atoms with Crippen LogP contribution in [-0.2, 0) is 9.53 Å². The minimum atomic E-state index is -0.724. The second-order valence-electron chi connectivity index (χ2n) is 9.25. The molecule has 144 valence electrons. The molecule has 1 aliphatic heterocycles. The Kier molecular flexibility index (Phi) is 5.96. The molecule has 1 N–H and O–H groups in total. The van der Waals surface area contributed by atoms with Crippen molar-refractivity contribution in [3.05, 3.63) is 11.6 Å². The highest BCUT2D eigenvalue weighted by Crippen LogP contribution is 2.41. The number of hydrogen-bond acceptors (Lipinski definition) is 3. The van der Waals surface area contributed by atoms with Crippen molar-refractivity contribution in [1.29, 1.82) is 0 Å². The molecular formula is C20H33BN2O3. The van der Waals surface area contributed by atoms with E-state index in [0.29, 0.717) is 6.42 Å². The SMILES string of the molecule is [B]C(=O)N1[C@@H](CC)[C@@H](CC2C=C(C)CC2C(=O)NC(C)(C)C)OC1(C)C. The monoisotopic (exact) mass is 360 g/mol. The van der Waals surface area contributed by atoms with Crippen LogP contribution in [0, 0.1) is 11.8 Å². The van der Waals surface area contributed by atoms with E-state index in [1.807, 2.05) is 41.5 Å². The van der Waals surface area contributed by atoms with Crippen LogP contribution in [-0.4, -0.2) is 47.9 Å². The number of hydrogen-bond donors (Lipinski definition) is 1. The number of carbonyl (C=O) groups excluding carboxylic acids is 2. The topological polar surface area (TPSA) is 58.6 Å². The summed E-state index contributed by atoms with van der Waals surface area (Å²) in [7, 11) is 5.61. The van der Waals surface area contributed by atoms with Crippen LogP contribution < -0.4 is 5.32 Å². The quantitative estimate of drug-likeness (QED) is 0.618. The molecule has 0 bridgehead atoms. The van der Waals surface area contributed by atoms with E-state index in [-0.39, 0.29) is 35.4 Å². The third-order valence-electron chi connectivity index (χ3n) is 5.33. The molecule has 1 heterocycles. The molecule has 1 aliphatic carbocycles. The molecule has 2 radical (unpaired) electrons. The van der Waals surface area contributed by atoms with E-state index in [0.717, 1.165) is 12.8 Å². The van der Waals surface area contributed by atoms with Gasteiger partial charge < -0.3 is 15.0 Å². The average molecular weight is 360 g/mol. The standard InChI is InChI=1S/C20H33BN2O3/c1-8-15-16(26-20(6,7)23(15)18(21)25)11-13-9-12(2)10-14(13)17(24)22-19(3,4)5/h9,13-16H,8,10-11H2,1-7H3,(H,22,24)/t13?,14?,15-,16+/m0/s1. The molecule has 0 aromatic carbocycles. The number of amides is 2. The molecule has 4 atom stereocenters. The van der Waals surface area contributed by atoms with Crippen molar-refractivity contribution in [2.24, 2.45) is 11.8 Å². The lowest BCUT2D eigenvalue weighted by atomic mass is 9.86. The average Bonchev–Trinajstić information content (AvgIpc) is 2.93. The van der Waals surface area contributed by atoms with Crippen molar-refractivity contribution in [3.8, 4) is 0 Å². The first kappa shape index (κ1) is 21.0. The molecule has 0 aromatic rings. The van der Waals surface area contributed by atoms with Gasteiger partial charge in [-0.2, -0.15) is 0 Å². The highest BCUT2D eigenvalue weighted by Gasteiger charge is 2.49.